The molecule has 102 valence electrons. The summed E-state index contributed by atoms with van der Waals surface area (Å²) in [6.45, 7) is 8.50. The first-order valence-electron chi connectivity index (χ1n) is 6.64. The molecule has 1 aromatic heterocycles. The second-order valence-electron chi connectivity index (χ2n) is 4.85. The van der Waals surface area contributed by atoms with Crippen molar-refractivity contribution in [3.05, 3.63) is 17.1 Å². The Labute approximate surface area is 110 Å². The van der Waals surface area contributed by atoms with Crippen LogP contribution in [0.25, 0.3) is 0 Å². The Bertz CT molecular complexity index is 391. The van der Waals surface area contributed by atoms with E-state index >= 15 is 0 Å². The fourth-order valence-corrected chi connectivity index (χ4v) is 2.24. The van der Waals surface area contributed by atoms with Crippen molar-refractivity contribution in [1.82, 2.24) is 9.97 Å². The van der Waals surface area contributed by atoms with E-state index in [9.17, 15) is 0 Å². The molecule has 4 heteroatoms. The lowest BCUT2D eigenvalue weighted by Gasteiger charge is -2.19. The van der Waals surface area contributed by atoms with Gasteiger partial charge in [-0.2, -0.15) is 0 Å². The average Bonchev–Trinajstić information content (AvgIpc) is 2.34. The topological polar surface area (TPSA) is 47.0 Å². The van der Waals surface area contributed by atoms with Gasteiger partial charge in [0.15, 0.2) is 5.82 Å². The monoisotopic (exact) mass is 251 g/mol. The van der Waals surface area contributed by atoms with E-state index < -0.39 is 0 Å². The highest BCUT2D eigenvalue weighted by atomic mass is 16.5. The molecule has 0 spiro atoms. The van der Waals surface area contributed by atoms with Crippen LogP contribution in [-0.4, -0.2) is 24.1 Å². The summed E-state index contributed by atoms with van der Waals surface area (Å²) < 4.78 is 5.48. The van der Waals surface area contributed by atoms with Crippen molar-refractivity contribution >= 4 is 5.82 Å². The second kappa shape index (κ2) is 6.69. The van der Waals surface area contributed by atoms with Gasteiger partial charge in [-0.15, -0.1) is 0 Å². The third-order valence-electron chi connectivity index (χ3n) is 3.09. The quantitative estimate of drug-likeness (QED) is 0.841. The largest absolute Gasteiger partial charge is 0.373 e. The van der Waals surface area contributed by atoms with Crippen LogP contribution in [0.2, 0.25) is 0 Å². The van der Waals surface area contributed by atoms with Gasteiger partial charge in [0, 0.05) is 25.4 Å². The molecular weight excluding hydrogens is 226 g/mol. The molecule has 1 heterocycles. The van der Waals surface area contributed by atoms with E-state index in [-0.39, 0.29) is 6.10 Å². The Morgan fingerprint density at radius 1 is 1.28 bits per heavy atom. The van der Waals surface area contributed by atoms with Gasteiger partial charge in [0.25, 0.3) is 0 Å². The predicted octanol–water partition coefficient (Wildman–Crippen LogP) is 3.44. The van der Waals surface area contributed by atoms with Gasteiger partial charge < -0.3 is 10.1 Å². The van der Waals surface area contributed by atoms with Crippen molar-refractivity contribution in [3.63, 3.8) is 0 Å². The highest BCUT2D eigenvalue weighted by Crippen LogP contribution is 2.28. The second-order valence-corrected chi connectivity index (χ2v) is 4.85. The van der Waals surface area contributed by atoms with Crippen LogP contribution >= 0.6 is 0 Å². The molecule has 0 amide bonds. The molecule has 0 bridgehead atoms. The van der Waals surface area contributed by atoms with Gasteiger partial charge in [-0.3, -0.25) is 0 Å². The Kier molecular flexibility index (Phi) is 5.54. The van der Waals surface area contributed by atoms with Crippen LogP contribution in [0.1, 0.15) is 62.7 Å². The predicted molar refractivity (Wildman–Crippen MR) is 75.1 cm³/mol. The van der Waals surface area contributed by atoms with Crippen molar-refractivity contribution < 1.29 is 4.74 Å². The van der Waals surface area contributed by atoms with Crippen LogP contribution in [0.5, 0.6) is 0 Å². The van der Waals surface area contributed by atoms with Crippen LogP contribution < -0.4 is 5.32 Å². The number of anilines is 1. The summed E-state index contributed by atoms with van der Waals surface area (Å²) in [6.07, 6.45) is 1.99. The van der Waals surface area contributed by atoms with Gasteiger partial charge in [-0.25, -0.2) is 9.97 Å². The third-order valence-corrected chi connectivity index (χ3v) is 3.09. The number of nitrogens with one attached hydrogen (secondary N) is 1. The molecule has 1 atom stereocenters. The molecule has 0 saturated carbocycles. The molecule has 18 heavy (non-hydrogen) atoms. The molecule has 4 nitrogen and oxygen atoms in total. The van der Waals surface area contributed by atoms with Crippen molar-refractivity contribution in [3.8, 4) is 0 Å². The fraction of sp³-hybridized carbons (Fsp3) is 0.714. The van der Waals surface area contributed by atoms with Gasteiger partial charge in [0.05, 0.1) is 0 Å². The number of hydrogen-bond donors (Lipinski definition) is 1. The Hall–Kier alpha value is -1.16. The lowest BCUT2D eigenvalue weighted by molar-refractivity contribution is 0.0875. The van der Waals surface area contributed by atoms with Crippen molar-refractivity contribution in [1.29, 1.82) is 0 Å². The molecule has 1 N–H and O–H groups in total. The van der Waals surface area contributed by atoms with Gasteiger partial charge in [0.2, 0.25) is 0 Å². The standard InChI is InChI=1S/C14H25N3O/c1-7-8-11(18-6)13-16-10(4)12(9(2)3)14(15-5)17-13/h9,11H,7-8H2,1-6H3,(H,15,16,17). The Balaban J connectivity index is 3.20. The molecule has 0 radical (unpaired) electrons. The normalized spacial score (nSPS) is 12.8. The van der Waals surface area contributed by atoms with E-state index in [0.29, 0.717) is 5.92 Å². The maximum absolute atomic E-state index is 5.48. The van der Waals surface area contributed by atoms with Crippen molar-refractivity contribution in [2.45, 2.75) is 52.6 Å². The number of rotatable bonds is 6. The van der Waals surface area contributed by atoms with Crippen LogP contribution in [-0.2, 0) is 4.74 Å². The highest BCUT2D eigenvalue weighted by Gasteiger charge is 2.18. The van der Waals surface area contributed by atoms with Crippen LogP contribution in [0, 0.1) is 6.92 Å². The zero-order chi connectivity index (χ0) is 13.7. The summed E-state index contributed by atoms with van der Waals surface area (Å²) in [5.41, 5.74) is 2.23. The first kappa shape index (κ1) is 14.9. The minimum absolute atomic E-state index is 0.0120. The smallest absolute Gasteiger partial charge is 0.159 e. The number of hydrogen-bond acceptors (Lipinski definition) is 4. The average molecular weight is 251 g/mol. The van der Waals surface area contributed by atoms with Crippen LogP contribution in [0.15, 0.2) is 0 Å². The molecule has 0 aliphatic rings. The number of methoxy groups -OCH3 is 1. The van der Waals surface area contributed by atoms with Gasteiger partial charge >= 0.3 is 0 Å². The molecular formula is C14H25N3O. The fourth-order valence-electron chi connectivity index (χ4n) is 2.24. The summed E-state index contributed by atoms with van der Waals surface area (Å²) in [6, 6.07) is 0. The maximum Gasteiger partial charge on any atom is 0.159 e. The number of aromatic nitrogens is 2. The number of ether oxygens (including phenoxy) is 1. The third kappa shape index (κ3) is 3.19. The summed E-state index contributed by atoms with van der Waals surface area (Å²) in [5.74, 6) is 2.12. The summed E-state index contributed by atoms with van der Waals surface area (Å²) >= 11 is 0. The first-order valence-corrected chi connectivity index (χ1v) is 6.64. The molecule has 1 unspecified atom stereocenters. The molecule has 1 aromatic rings. The van der Waals surface area contributed by atoms with Gasteiger partial charge in [0.1, 0.15) is 11.9 Å². The molecule has 0 aliphatic heterocycles. The van der Waals surface area contributed by atoms with E-state index in [1.165, 1.54) is 5.56 Å². The van der Waals surface area contributed by atoms with Crippen molar-refractivity contribution in [2.24, 2.45) is 0 Å². The van der Waals surface area contributed by atoms with E-state index in [0.717, 1.165) is 30.2 Å². The molecule has 0 aliphatic carbocycles. The van der Waals surface area contributed by atoms with E-state index in [2.05, 4.69) is 36.1 Å². The molecule has 0 saturated heterocycles. The maximum atomic E-state index is 5.48. The highest BCUT2D eigenvalue weighted by molar-refractivity contribution is 5.48. The minimum atomic E-state index is -0.0120. The van der Waals surface area contributed by atoms with E-state index in [1.807, 2.05) is 14.0 Å². The van der Waals surface area contributed by atoms with Crippen LogP contribution in [0.4, 0.5) is 5.82 Å². The lowest BCUT2D eigenvalue weighted by Crippen LogP contribution is -2.13. The number of nitrogens with zero attached hydrogens (tertiary/aromatic N) is 2. The number of aryl methyl sites for hydroxylation is 1. The first-order chi connectivity index (χ1) is 8.54. The Morgan fingerprint density at radius 3 is 2.39 bits per heavy atom. The van der Waals surface area contributed by atoms with Crippen molar-refractivity contribution in [2.75, 3.05) is 19.5 Å². The SMILES string of the molecule is CCCC(OC)c1nc(C)c(C(C)C)c(NC)n1. The Morgan fingerprint density at radius 2 is 1.94 bits per heavy atom. The molecule has 0 fully saturated rings. The summed E-state index contributed by atoms with van der Waals surface area (Å²) in [7, 11) is 3.62. The molecule has 0 aromatic carbocycles. The summed E-state index contributed by atoms with van der Waals surface area (Å²) in [5, 5.41) is 3.17. The van der Waals surface area contributed by atoms with Crippen LogP contribution in [0.3, 0.4) is 0 Å². The molecule has 1 rings (SSSR count). The summed E-state index contributed by atoms with van der Waals surface area (Å²) in [4.78, 5) is 9.23. The zero-order valence-electron chi connectivity index (χ0n) is 12.4. The van der Waals surface area contributed by atoms with Gasteiger partial charge in [-0.05, 0) is 19.3 Å². The lowest BCUT2D eigenvalue weighted by atomic mass is 10.0. The van der Waals surface area contributed by atoms with E-state index in [1.54, 1.807) is 7.11 Å². The van der Waals surface area contributed by atoms with Gasteiger partial charge in [-0.1, -0.05) is 27.2 Å². The zero-order valence-corrected chi connectivity index (χ0v) is 12.4. The van der Waals surface area contributed by atoms with E-state index in [4.69, 9.17) is 4.74 Å². The minimum Gasteiger partial charge on any atom is -0.373 e.